The molecule has 0 radical (unpaired) electrons. The van der Waals surface area contributed by atoms with Crippen LogP contribution in [-0.4, -0.2) is 69.2 Å². The molecule has 1 aliphatic rings. The predicted octanol–water partition coefficient (Wildman–Crippen LogP) is 1.92. The maximum absolute atomic E-state index is 11.8. The van der Waals surface area contributed by atoms with Gasteiger partial charge in [-0.05, 0) is 30.9 Å². The summed E-state index contributed by atoms with van der Waals surface area (Å²) in [5.74, 6) is -3.22. The first-order valence-electron chi connectivity index (χ1n) is 8.61. The number of aliphatic hydroxyl groups is 2. The van der Waals surface area contributed by atoms with E-state index in [1.165, 1.54) is 17.0 Å². The first kappa shape index (κ1) is 26.2. The predicted molar refractivity (Wildman–Crippen MR) is 101 cm³/mol. The zero-order valence-corrected chi connectivity index (χ0v) is 17.0. The van der Waals surface area contributed by atoms with Crippen LogP contribution < -0.4 is 5.73 Å². The molecule has 0 saturated carbocycles. The number of nitrogens with two attached hydrogens (primary N) is 1. The Kier molecular flexibility index (Phi) is 9.63. The van der Waals surface area contributed by atoms with Gasteiger partial charge >= 0.3 is 12.1 Å². The fourth-order valence-corrected chi connectivity index (χ4v) is 3.33. The molecule has 1 saturated heterocycles. The number of phenolic OH excluding ortho intramolecular Hbond substituents is 1. The second kappa shape index (κ2) is 11.0. The molecule has 0 aromatic heterocycles. The summed E-state index contributed by atoms with van der Waals surface area (Å²) >= 11 is 12.1. The van der Waals surface area contributed by atoms with Crippen LogP contribution in [0.2, 0.25) is 10.0 Å². The molecule has 0 aliphatic carbocycles. The second-order valence-electron chi connectivity index (χ2n) is 6.48. The van der Waals surface area contributed by atoms with E-state index in [4.69, 9.17) is 43.9 Å². The lowest BCUT2D eigenvalue weighted by molar-refractivity contribution is -0.192. The van der Waals surface area contributed by atoms with Crippen molar-refractivity contribution in [3.05, 3.63) is 27.7 Å². The van der Waals surface area contributed by atoms with Gasteiger partial charge < -0.3 is 31.1 Å². The van der Waals surface area contributed by atoms with Crippen LogP contribution in [0.15, 0.2) is 12.1 Å². The summed E-state index contributed by atoms with van der Waals surface area (Å²) in [5.41, 5.74) is 6.67. The molecular formula is C17H21Cl2F3N2O6. The number of piperidine rings is 1. The molecule has 30 heavy (non-hydrogen) atoms. The molecule has 170 valence electrons. The van der Waals surface area contributed by atoms with Gasteiger partial charge in [0.2, 0.25) is 0 Å². The Hall–Kier alpha value is -1.79. The summed E-state index contributed by atoms with van der Waals surface area (Å²) in [6.07, 6.45) is -5.26. The second-order valence-corrected chi connectivity index (χ2v) is 7.27. The first-order valence-corrected chi connectivity index (χ1v) is 9.37. The Bertz CT molecular complexity index is 758. The number of carbonyl (C=O) groups is 2. The first-order chi connectivity index (χ1) is 13.8. The summed E-state index contributed by atoms with van der Waals surface area (Å²) < 4.78 is 31.7. The molecule has 1 fully saturated rings. The number of hydrogen-bond acceptors (Lipinski definition) is 6. The number of carboxylic acid groups (broad SMARTS) is 1. The minimum absolute atomic E-state index is 0.00103. The molecule has 1 amide bonds. The highest BCUT2D eigenvalue weighted by Crippen LogP contribution is 2.40. The van der Waals surface area contributed by atoms with Gasteiger partial charge in [-0.25, -0.2) is 4.79 Å². The van der Waals surface area contributed by atoms with Crippen LogP contribution in [0.3, 0.4) is 0 Å². The van der Waals surface area contributed by atoms with Gasteiger partial charge in [-0.3, -0.25) is 4.79 Å². The number of halogens is 5. The Morgan fingerprint density at radius 1 is 1.23 bits per heavy atom. The Balaban J connectivity index is 0.000000553. The van der Waals surface area contributed by atoms with Crippen molar-refractivity contribution in [3.8, 4) is 5.75 Å². The van der Waals surface area contributed by atoms with Crippen molar-refractivity contribution in [2.24, 2.45) is 11.7 Å². The van der Waals surface area contributed by atoms with E-state index < -0.39 is 36.8 Å². The number of aromatic hydroxyl groups is 1. The molecule has 1 aromatic carbocycles. The molecule has 1 aliphatic heterocycles. The van der Waals surface area contributed by atoms with Crippen molar-refractivity contribution in [2.75, 3.05) is 19.7 Å². The molecule has 0 spiro atoms. The van der Waals surface area contributed by atoms with E-state index in [2.05, 4.69) is 0 Å². The molecule has 1 aromatic rings. The maximum Gasteiger partial charge on any atom is 0.490 e. The number of likely N-dealkylation sites (tertiary alicyclic amines) is 1. The lowest BCUT2D eigenvalue weighted by atomic mass is 9.85. The molecule has 6 N–H and O–H groups in total. The fourth-order valence-electron chi connectivity index (χ4n) is 2.88. The van der Waals surface area contributed by atoms with E-state index in [1.54, 1.807) is 0 Å². The van der Waals surface area contributed by atoms with Gasteiger partial charge in [-0.2, -0.15) is 13.2 Å². The number of carbonyl (C=O) groups excluding carboxylic acids is 1. The molecule has 1 heterocycles. The number of alkyl halides is 3. The van der Waals surface area contributed by atoms with Crippen LogP contribution in [0.5, 0.6) is 5.75 Å². The largest absolute Gasteiger partial charge is 0.508 e. The highest BCUT2D eigenvalue weighted by atomic mass is 35.5. The maximum atomic E-state index is 11.8. The van der Waals surface area contributed by atoms with Crippen LogP contribution >= 0.6 is 23.2 Å². The van der Waals surface area contributed by atoms with E-state index >= 15 is 0 Å². The van der Waals surface area contributed by atoms with Gasteiger partial charge in [0.1, 0.15) is 5.75 Å². The number of aliphatic carboxylic acids is 1. The van der Waals surface area contributed by atoms with Crippen LogP contribution in [-0.2, 0) is 9.59 Å². The van der Waals surface area contributed by atoms with E-state index in [0.29, 0.717) is 36.5 Å². The molecule has 0 unspecified atom stereocenters. The van der Waals surface area contributed by atoms with Gasteiger partial charge in [-0.15, -0.1) is 0 Å². The van der Waals surface area contributed by atoms with Gasteiger partial charge in [0.25, 0.3) is 5.91 Å². The average molecular weight is 477 g/mol. The van der Waals surface area contributed by atoms with Crippen LogP contribution in [0.4, 0.5) is 13.2 Å². The van der Waals surface area contributed by atoms with Crippen molar-refractivity contribution < 1.29 is 43.2 Å². The number of aliphatic hydroxyl groups excluding tert-OH is 2. The summed E-state index contributed by atoms with van der Waals surface area (Å²) in [6.45, 7) is 0.255. The van der Waals surface area contributed by atoms with Crippen LogP contribution in [0.25, 0.3) is 0 Å². The SMILES string of the molecule is N[C@@H](c1c(O)ccc(Cl)c1Cl)C1CCN(C(=O)[C@H](O)CO)CC1.O=C(O)C(F)(F)F. The third kappa shape index (κ3) is 6.88. The third-order valence-electron chi connectivity index (χ3n) is 4.50. The number of phenols is 1. The average Bonchev–Trinajstić information content (AvgIpc) is 2.69. The highest BCUT2D eigenvalue weighted by Gasteiger charge is 2.38. The number of rotatable bonds is 4. The number of hydrogen-bond donors (Lipinski definition) is 5. The molecule has 8 nitrogen and oxygen atoms in total. The van der Waals surface area contributed by atoms with Crippen LogP contribution in [0.1, 0.15) is 24.4 Å². The summed E-state index contributed by atoms with van der Waals surface area (Å²) in [7, 11) is 0. The molecular weight excluding hydrogens is 456 g/mol. The van der Waals surface area contributed by atoms with Gasteiger partial charge in [0.15, 0.2) is 6.10 Å². The van der Waals surface area contributed by atoms with Gasteiger partial charge in [0.05, 0.1) is 16.7 Å². The Morgan fingerprint density at radius 3 is 2.17 bits per heavy atom. The van der Waals surface area contributed by atoms with E-state index in [0.717, 1.165) is 0 Å². The van der Waals surface area contributed by atoms with Crippen molar-refractivity contribution in [1.82, 2.24) is 4.90 Å². The van der Waals surface area contributed by atoms with Gasteiger partial charge in [0, 0.05) is 24.7 Å². The monoisotopic (exact) mass is 476 g/mol. The number of benzene rings is 1. The molecule has 0 bridgehead atoms. The van der Waals surface area contributed by atoms with Gasteiger partial charge in [-0.1, -0.05) is 23.2 Å². The normalized spacial score (nSPS) is 17.0. The fraction of sp³-hybridized carbons (Fsp3) is 0.529. The quantitative estimate of drug-likeness (QED) is 0.446. The minimum atomic E-state index is -5.08. The van der Waals surface area contributed by atoms with Crippen molar-refractivity contribution in [2.45, 2.75) is 31.2 Å². The summed E-state index contributed by atoms with van der Waals surface area (Å²) in [6, 6.07) is 2.47. The van der Waals surface area contributed by atoms with Crippen molar-refractivity contribution in [1.29, 1.82) is 0 Å². The van der Waals surface area contributed by atoms with Crippen LogP contribution in [0, 0.1) is 5.92 Å². The topological polar surface area (TPSA) is 144 Å². The smallest absolute Gasteiger partial charge is 0.490 e. The lowest BCUT2D eigenvalue weighted by Crippen LogP contribution is -2.46. The Morgan fingerprint density at radius 2 is 1.73 bits per heavy atom. The minimum Gasteiger partial charge on any atom is -0.508 e. The van der Waals surface area contributed by atoms with E-state index in [1.807, 2.05) is 0 Å². The molecule has 13 heteroatoms. The van der Waals surface area contributed by atoms with E-state index in [-0.39, 0.29) is 16.7 Å². The molecule has 2 rings (SSSR count). The highest BCUT2D eigenvalue weighted by molar-refractivity contribution is 6.42. The number of nitrogens with zero attached hydrogens (tertiary/aromatic N) is 1. The zero-order chi connectivity index (χ0) is 23.2. The number of amides is 1. The standard InChI is InChI=1S/C15H20Cl2N2O4.C2HF3O2/c16-9-1-2-10(21)12(13(9)17)14(18)8-3-5-19(6-4-8)15(23)11(22)7-20;3-2(4,5)1(6)7/h1-2,8,11,14,20-22H,3-7,18H2;(H,6,7)/t11-,14-;/m1./s1. The van der Waals surface area contributed by atoms with Crippen molar-refractivity contribution >= 4 is 35.1 Å². The number of carboxylic acids is 1. The zero-order valence-electron chi connectivity index (χ0n) is 15.4. The molecule has 2 atom stereocenters. The summed E-state index contributed by atoms with van der Waals surface area (Å²) in [4.78, 5) is 22.2. The van der Waals surface area contributed by atoms with E-state index in [9.17, 15) is 28.2 Å². The summed E-state index contributed by atoms with van der Waals surface area (Å²) in [5, 5.41) is 36.0. The Labute approximate surface area is 179 Å². The van der Waals surface area contributed by atoms with Crippen molar-refractivity contribution in [3.63, 3.8) is 0 Å². The lowest BCUT2D eigenvalue weighted by Gasteiger charge is -2.36. The third-order valence-corrected chi connectivity index (χ3v) is 5.32.